The summed E-state index contributed by atoms with van der Waals surface area (Å²) >= 11 is 1.80. The zero-order chi connectivity index (χ0) is 36.7. The van der Waals surface area contributed by atoms with Crippen LogP contribution in [0.1, 0.15) is 16.7 Å². The standard InChI is InChI=1S/C52H34N2S/c53-52(38-11-2-1-3-12-38)54-48(36-21-23-37(24-22-36)50-33-42-14-6-9-17-49(42)55-50)29-19-34-18-20-40-31-43(26-25-39(40)30-34)51-45-16-8-5-13-41(45)32-47-44-15-7-4-10-35(44)27-28-46(47)51/h1-33,53H/b29-19+,53-52?,54-48?. The topological polar surface area (TPSA) is 36.2 Å². The number of rotatable bonds is 6. The number of aliphatic imine (C=N–C) groups is 1. The van der Waals surface area contributed by atoms with Crippen LogP contribution in [0.25, 0.3) is 80.8 Å². The highest BCUT2D eigenvalue weighted by atomic mass is 32.1. The van der Waals surface area contributed by atoms with E-state index in [9.17, 15) is 0 Å². The zero-order valence-electron chi connectivity index (χ0n) is 29.9. The second-order valence-electron chi connectivity index (χ2n) is 13.9. The van der Waals surface area contributed by atoms with E-state index in [1.165, 1.54) is 74.7 Å². The van der Waals surface area contributed by atoms with Crippen LogP contribution in [-0.2, 0) is 0 Å². The first-order valence-electron chi connectivity index (χ1n) is 18.5. The quantitative estimate of drug-likeness (QED) is 0.0769. The molecule has 9 aromatic carbocycles. The molecule has 0 fully saturated rings. The zero-order valence-corrected chi connectivity index (χ0v) is 30.7. The number of thiophene rings is 1. The van der Waals surface area contributed by atoms with Crippen molar-refractivity contribution < 1.29 is 0 Å². The van der Waals surface area contributed by atoms with Crippen LogP contribution in [0.4, 0.5) is 0 Å². The Kier molecular flexibility index (Phi) is 8.20. The van der Waals surface area contributed by atoms with Gasteiger partial charge in [0, 0.05) is 20.7 Å². The summed E-state index contributed by atoms with van der Waals surface area (Å²) in [6.07, 6.45) is 4.14. The van der Waals surface area contributed by atoms with E-state index < -0.39 is 0 Å². The second-order valence-corrected chi connectivity index (χ2v) is 15.0. The predicted molar refractivity (Wildman–Crippen MR) is 238 cm³/mol. The van der Waals surface area contributed by atoms with Crippen molar-refractivity contribution in [1.29, 1.82) is 5.41 Å². The molecule has 0 amide bonds. The van der Waals surface area contributed by atoms with Crippen molar-refractivity contribution in [1.82, 2.24) is 0 Å². The van der Waals surface area contributed by atoms with Gasteiger partial charge in [-0.3, -0.25) is 5.41 Å². The first-order chi connectivity index (χ1) is 27.1. The Morgan fingerprint density at radius 3 is 1.96 bits per heavy atom. The molecule has 0 bridgehead atoms. The fourth-order valence-electron chi connectivity index (χ4n) is 7.74. The molecular weight excluding hydrogens is 685 g/mol. The molecule has 1 N–H and O–H groups in total. The molecule has 3 heteroatoms. The number of nitrogens with one attached hydrogen (secondary N) is 1. The van der Waals surface area contributed by atoms with Crippen LogP contribution in [0, 0.1) is 5.41 Å². The lowest BCUT2D eigenvalue weighted by molar-refractivity contribution is 1.41. The minimum absolute atomic E-state index is 0.230. The number of amidine groups is 1. The van der Waals surface area contributed by atoms with Crippen molar-refractivity contribution in [2.24, 2.45) is 4.99 Å². The van der Waals surface area contributed by atoms with Gasteiger partial charge in [-0.05, 0) is 107 Å². The van der Waals surface area contributed by atoms with Gasteiger partial charge >= 0.3 is 0 Å². The van der Waals surface area contributed by atoms with E-state index in [4.69, 9.17) is 10.4 Å². The third-order valence-electron chi connectivity index (χ3n) is 10.5. The van der Waals surface area contributed by atoms with Gasteiger partial charge in [0.1, 0.15) is 0 Å². The third kappa shape index (κ3) is 6.21. The van der Waals surface area contributed by atoms with Crippen LogP contribution in [0.15, 0.2) is 199 Å². The van der Waals surface area contributed by atoms with Gasteiger partial charge in [0.2, 0.25) is 0 Å². The molecule has 0 atom stereocenters. The molecule has 0 aliphatic rings. The molecule has 0 aliphatic carbocycles. The van der Waals surface area contributed by atoms with Crippen molar-refractivity contribution in [3.8, 4) is 21.6 Å². The summed E-state index contributed by atoms with van der Waals surface area (Å²) in [5.41, 5.74) is 7.20. The van der Waals surface area contributed by atoms with Gasteiger partial charge in [0.25, 0.3) is 0 Å². The highest BCUT2D eigenvalue weighted by Gasteiger charge is 2.13. The van der Waals surface area contributed by atoms with Crippen molar-refractivity contribution in [3.05, 3.63) is 211 Å². The van der Waals surface area contributed by atoms with E-state index in [1.54, 1.807) is 11.3 Å². The molecule has 55 heavy (non-hydrogen) atoms. The molecule has 0 saturated carbocycles. The number of benzene rings is 9. The van der Waals surface area contributed by atoms with Crippen LogP contribution in [-0.4, -0.2) is 11.5 Å². The van der Waals surface area contributed by atoms with Crippen LogP contribution in [0.5, 0.6) is 0 Å². The van der Waals surface area contributed by atoms with Gasteiger partial charge in [-0.25, -0.2) is 4.99 Å². The van der Waals surface area contributed by atoms with Crippen LogP contribution in [0.2, 0.25) is 0 Å². The largest absolute Gasteiger partial charge is 0.282 e. The second kappa shape index (κ2) is 13.8. The van der Waals surface area contributed by atoms with Gasteiger partial charge in [-0.2, -0.15) is 0 Å². The molecule has 10 aromatic rings. The number of nitrogens with zero attached hydrogens (tertiary/aromatic N) is 1. The van der Waals surface area contributed by atoms with Crippen molar-refractivity contribution in [3.63, 3.8) is 0 Å². The molecule has 10 rings (SSSR count). The van der Waals surface area contributed by atoms with Crippen LogP contribution in [0.3, 0.4) is 0 Å². The van der Waals surface area contributed by atoms with Gasteiger partial charge in [-0.15, -0.1) is 11.3 Å². The van der Waals surface area contributed by atoms with Gasteiger partial charge < -0.3 is 0 Å². The number of hydrogen-bond donors (Lipinski definition) is 1. The van der Waals surface area contributed by atoms with Gasteiger partial charge in [0.15, 0.2) is 5.84 Å². The molecule has 1 heterocycles. The maximum absolute atomic E-state index is 8.85. The van der Waals surface area contributed by atoms with E-state index in [-0.39, 0.29) is 5.84 Å². The van der Waals surface area contributed by atoms with Crippen molar-refractivity contribution in [2.75, 3.05) is 0 Å². The Balaban J connectivity index is 1.01. The lowest BCUT2D eigenvalue weighted by Crippen LogP contribution is -2.03. The molecule has 258 valence electrons. The molecule has 2 nitrogen and oxygen atoms in total. The Hall–Kier alpha value is -6.94. The summed E-state index contributed by atoms with van der Waals surface area (Å²) in [4.78, 5) is 6.10. The molecule has 0 radical (unpaired) electrons. The fourth-order valence-corrected chi connectivity index (χ4v) is 8.81. The molecule has 0 spiro atoms. The van der Waals surface area contributed by atoms with Gasteiger partial charge in [0.05, 0.1) is 5.71 Å². The summed E-state index contributed by atoms with van der Waals surface area (Å²) in [7, 11) is 0. The summed E-state index contributed by atoms with van der Waals surface area (Å²) in [5.74, 6) is 0.230. The van der Waals surface area contributed by atoms with Crippen molar-refractivity contribution >= 4 is 82.1 Å². The monoisotopic (exact) mass is 718 g/mol. The van der Waals surface area contributed by atoms with Crippen LogP contribution < -0.4 is 0 Å². The van der Waals surface area contributed by atoms with Crippen LogP contribution >= 0.6 is 11.3 Å². The fraction of sp³-hybridized carbons (Fsp3) is 0. The number of hydrogen-bond acceptors (Lipinski definition) is 2. The lowest BCUT2D eigenvalue weighted by atomic mass is 9.89. The van der Waals surface area contributed by atoms with Gasteiger partial charge in [-0.1, -0.05) is 164 Å². The summed E-state index contributed by atoms with van der Waals surface area (Å²) in [6, 6.07) is 66.7. The Labute approximate surface area is 323 Å². The van der Waals surface area contributed by atoms with Crippen molar-refractivity contribution in [2.45, 2.75) is 0 Å². The van der Waals surface area contributed by atoms with E-state index in [2.05, 4.69) is 164 Å². The first-order valence-corrected chi connectivity index (χ1v) is 19.3. The SMILES string of the molecule is N=C(N=C(/C=C/c1ccc2cc(-c3c4ccccc4cc4c3ccc3ccccc34)ccc2c1)c1ccc(-c2cc3ccccc3s2)cc1)c1ccccc1. The average molecular weight is 719 g/mol. The summed E-state index contributed by atoms with van der Waals surface area (Å²) in [5, 5.41) is 20.0. The van der Waals surface area contributed by atoms with E-state index in [1.807, 2.05) is 36.4 Å². The molecule has 0 saturated heterocycles. The Bertz CT molecular complexity index is 3120. The molecule has 1 aromatic heterocycles. The van der Waals surface area contributed by atoms with E-state index in [0.717, 1.165) is 22.4 Å². The summed E-state index contributed by atoms with van der Waals surface area (Å²) < 4.78 is 1.28. The lowest BCUT2D eigenvalue weighted by Gasteiger charge is -2.15. The van der Waals surface area contributed by atoms with E-state index >= 15 is 0 Å². The molecule has 0 unspecified atom stereocenters. The maximum atomic E-state index is 8.85. The smallest absolute Gasteiger partial charge is 0.152 e. The molecular formula is C52H34N2S. The highest BCUT2D eigenvalue weighted by molar-refractivity contribution is 7.22. The predicted octanol–water partition coefficient (Wildman–Crippen LogP) is 14.4. The Morgan fingerprint density at radius 1 is 0.455 bits per heavy atom. The third-order valence-corrected chi connectivity index (χ3v) is 11.7. The summed E-state index contributed by atoms with van der Waals surface area (Å²) in [6.45, 7) is 0. The average Bonchev–Trinajstić information content (AvgIpc) is 3.69. The molecule has 0 aliphatic heterocycles. The van der Waals surface area contributed by atoms with E-state index in [0.29, 0.717) is 0 Å². The number of fused-ring (bicyclic) bond motifs is 6. The minimum atomic E-state index is 0.230. The maximum Gasteiger partial charge on any atom is 0.152 e. The first kappa shape index (κ1) is 32.7. The highest BCUT2D eigenvalue weighted by Crippen LogP contribution is 2.40. The minimum Gasteiger partial charge on any atom is -0.282 e. The Morgan fingerprint density at radius 2 is 1.13 bits per heavy atom. The normalized spacial score (nSPS) is 12.1. The number of allylic oxidation sites excluding steroid dienone is 1.